The van der Waals surface area contributed by atoms with Crippen LogP contribution in [0.4, 0.5) is 5.69 Å². The van der Waals surface area contributed by atoms with Gasteiger partial charge in [-0.2, -0.15) is 0 Å². The number of benzene rings is 2. The van der Waals surface area contributed by atoms with Crippen molar-refractivity contribution in [3.05, 3.63) is 47.5 Å². The Morgan fingerprint density at radius 3 is 2.63 bits per heavy atom. The van der Waals surface area contributed by atoms with E-state index in [1.807, 2.05) is 25.1 Å². The third kappa shape index (κ3) is 2.91. The number of aromatic hydroxyl groups is 2. The third-order valence-corrected chi connectivity index (χ3v) is 2.98. The predicted octanol–water partition coefficient (Wildman–Crippen LogP) is 3.03. The van der Waals surface area contributed by atoms with Gasteiger partial charge in [-0.3, -0.25) is 0 Å². The second kappa shape index (κ2) is 5.52. The topological polar surface area (TPSA) is 61.7 Å². The average Bonchev–Trinajstić information content (AvgIpc) is 2.39. The summed E-state index contributed by atoms with van der Waals surface area (Å²) in [7, 11) is 1.52. The van der Waals surface area contributed by atoms with Crippen LogP contribution in [0.2, 0.25) is 0 Å². The van der Waals surface area contributed by atoms with Crippen LogP contribution in [0.15, 0.2) is 36.4 Å². The van der Waals surface area contributed by atoms with Crippen molar-refractivity contribution in [3.63, 3.8) is 0 Å². The van der Waals surface area contributed by atoms with Gasteiger partial charge in [-0.25, -0.2) is 0 Å². The lowest BCUT2D eigenvalue weighted by molar-refractivity contribution is 0.371. The van der Waals surface area contributed by atoms with E-state index in [0.717, 1.165) is 16.8 Å². The molecule has 0 unspecified atom stereocenters. The first-order valence-corrected chi connectivity index (χ1v) is 6.00. The maximum atomic E-state index is 9.98. The molecular weight excluding hydrogens is 242 g/mol. The van der Waals surface area contributed by atoms with Crippen LogP contribution < -0.4 is 10.1 Å². The van der Waals surface area contributed by atoms with E-state index in [0.29, 0.717) is 12.3 Å². The lowest BCUT2D eigenvalue weighted by Gasteiger charge is -2.12. The molecule has 0 aliphatic heterocycles. The minimum atomic E-state index is 0.147. The highest BCUT2D eigenvalue weighted by molar-refractivity contribution is 5.55. The fourth-order valence-electron chi connectivity index (χ4n) is 1.91. The molecule has 0 aliphatic rings. The van der Waals surface area contributed by atoms with E-state index < -0.39 is 0 Å². The minimum Gasteiger partial charge on any atom is -0.508 e. The van der Waals surface area contributed by atoms with E-state index in [4.69, 9.17) is 4.74 Å². The third-order valence-electron chi connectivity index (χ3n) is 2.98. The zero-order valence-electron chi connectivity index (χ0n) is 11.0. The highest BCUT2D eigenvalue weighted by Crippen LogP contribution is 2.30. The van der Waals surface area contributed by atoms with Gasteiger partial charge in [0, 0.05) is 17.8 Å². The quantitative estimate of drug-likeness (QED) is 0.739. The molecule has 19 heavy (non-hydrogen) atoms. The second-order valence-electron chi connectivity index (χ2n) is 4.32. The molecule has 2 rings (SSSR count). The van der Waals surface area contributed by atoms with Crippen molar-refractivity contribution < 1.29 is 14.9 Å². The van der Waals surface area contributed by atoms with Crippen molar-refractivity contribution >= 4 is 5.69 Å². The van der Waals surface area contributed by atoms with Crippen LogP contribution in [0.3, 0.4) is 0 Å². The smallest absolute Gasteiger partial charge is 0.162 e. The molecule has 4 nitrogen and oxygen atoms in total. The Balaban J connectivity index is 2.14. The van der Waals surface area contributed by atoms with Crippen LogP contribution >= 0.6 is 0 Å². The van der Waals surface area contributed by atoms with Gasteiger partial charge in [0.05, 0.1) is 7.11 Å². The van der Waals surface area contributed by atoms with Crippen LogP contribution in [0.25, 0.3) is 0 Å². The number of aryl methyl sites for hydroxylation is 1. The molecule has 4 heteroatoms. The molecule has 0 radical (unpaired) electrons. The van der Waals surface area contributed by atoms with Crippen LogP contribution in [-0.4, -0.2) is 17.3 Å². The molecule has 2 aromatic rings. The minimum absolute atomic E-state index is 0.147. The molecule has 0 bridgehead atoms. The molecule has 2 aromatic carbocycles. The Morgan fingerprint density at radius 1 is 1.16 bits per heavy atom. The number of ether oxygens (including phenoxy) is 1. The van der Waals surface area contributed by atoms with Gasteiger partial charge < -0.3 is 20.3 Å². The first-order chi connectivity index (χ1) is 9.11. The number of anilines is 1. The summed E-state index contributed by atoms with van der Waals surface area (Å²) in [4.78, 5) is 0. The number of phenolic OH excluding ortho intramolecular Hbond substituents is 2. The van der Waals surface area contributed by atoms with Crippen molar-refractivity contribution in [1.29, 1.82) is 0 Å². The SMILES string of the molecule is COc1cccc(CNc2ccc(O)cc2C)c1O. The highest BCUT2D eigenvalue weighted by atomic mass is 16.5. The summed E-state index contributed by atoms with van der Waals surface area (Å²) in [6, 6.07) is 10.5. The number of para-hydroxylation sites is 1. The van der Waals surface area contributed by atoms with E-state index >= 15 is 0 Å². The monoisotopic (exact) mass is 259 g/mol. The number of hydrogen-bond acceptors (Lipinski definition) is 4. The molecule has 0 spiro atoms. The first kappa shape index (κ1) is 13.1. The molecular formula is C15H17NO3. The molecule has 0 saturated heterocycles. The molecule has 0 saturated carbocycles. The molecule has 0 amide bonds. The van der Waals surface area contributed by atoms with Gasteiger partial charge in [-0.15, -0.1) is 0 Å². The fraction of sp³-hybridized carbons (Fsp3) is 0.200. The van der Waals surface area contributed by atoms with Crippen molar-refractivity contribution in [2.75, 3.05) is 12.4 Å². The van der Waals surface area contributed by atoms with Crippen molar-refractivity contribution in [3.8, 4) is 17.2 Å². The molecule has 0 fully saturated rings. The van der Waals surface area contributed by atoms with Gasteiger partial charge >= 0.3 is 0 Å². The van der Waals surface area contributed by atoms with Crippen molar-refractivity contribution in [1.82, 2.24) is 0 Å². The van der Waals surface area contributed by atoms with Crippen molar-refractivity contribution in [2.45, 2.75) is 13.5 Å². The fourth-order valence-corrected chi connectivity index (χ4v) is 1.91. The number of rotatable bonds is 4. The molecule has 0 aliphatic carbocycles. The van der Waals surface area contributed by atoms with Crippen LogP contribution in [0.1, 0.15) is 11.1 Å². The number of nitrogens with one attached hydrogen (secondary N) is 1. The molecule has 0 aromatic heterocycles. The number of hydrogen-bond donors (Lipinski definition) is 3. The largest absolute Gasteiger partial charge is 0.508 e. The normalized spacial score (nSPS) is 10.2. The van der Waals surface area contributed by atoms with Crippen LogP contribution in [0.5, 0.6) is 17.2 Å². The molecule has 100 valence electrons. The van der Waals surface area contributed by atoms with Crippen LogP contribution in [-0.2, 0) is 6.54 Å². The number of methoxy groups -OCH3 is 1. The molecule has 3 N–H and O–H groups in total. The maximum absolute atomic E-state index is 9.98. The van der Waals surface area contributed by atoms with Gasteiger partial charge in [-0.05, 0) is 36.8 Å². The van der Waals surface area contributed by atoms with E-state index in [2.05, 4.69) is 5.32 Å². The van der Waals surface area contributed by atoms with Gasteiger partial charge in [0.1, 0.15) is 5.75 Å². The average molecular weight is 259 g/mol. The van der Waals surface area contributed by atoms with Gasteiger partial charge in [0.2, 0.25) is 0 Å². The Kier molecular flexibility index (Phi) is 3.80. The lowest BCUT2D eigenvalue weighted by Crippen LogP contribution is -2.01. The number of phenols is 2. The van der Waals surface area contributed by atoms with E-state index in [1.54, 1.807) is 18.2 Å². The Morgan fingerprint density at radius 2 is 1.95 bits per heavy atom. The standard InChI is InChI=1S/C15H17NO3/c1-10-8-12(17)6-7-13(10)16-9-11-4-3-5-14(19-2)15(11)18/h3-8,16-18H,9H2,1-2H3. The zero-order valence-corrected chi connectivity index (χ0v) is 11.0. The van der Waals surface area contributed by atoms with Gasteiger partial charge in [0.25, 0.3) is 0 Å². The summed E-state index contributed by atoms with van der Waals surface area (Å²) < 4.78 is 5.07. The summed E-state index contributed by atoms with van der Waals surface area (Å²) in [5.74, 6) is 0.850. The summed E-state index contributed by atoms with van der Waals surface area (Å²) in [6.07, 6.45) is 0. The summed E-state index contributed by atoms with van der Waals surface area (Å²) in [5.41, 5.74) is 2.62. The van der Waals surface area contributed by atoms with Gasteiger partial charge in [0.15, 0.2) is 11.5 Å². The Hall–Kier alpha value is -2.36. The predicted molar refractivity (Wildman–Crippen MR) is 74.8 cm³/mol. The Labute approximate surface area is 112 Å². The van der Waals surface area contributed by atoms with Crippen molar-refractivity contribution in [2.24, 2.45) is 0 Å². The summed E-state index contributed by atoms with van der Waals surface area (Å²) in [6.45, 7) is 2.39. The van der Waals surface area contributed by atoms with E-state index in [9.17, 15) is 10.2 Å². The zero-order chi connectivity index (χ0) is 13.8. The van der Waals surface area contributed by atoms with E-state index in [-0.39, 0.29) is 11.5 Å². The van der Waals surface area contributed by atoms with Crippen LogP contribution in [0, 0.1) is 6.92 Å². The maximum Gasteiger partial charge on any atom is 0.162 e. The highest BCUT2D eigenvalue weighted by Gasteiger charge is 2.07. The second-order valence-corrected chi connectivity index (χ2v) is 4.32. The van der Waals surface area contributed by atoms with E-state index in [1.165, 1.54) is 7.11 Å². The Bertz CT molecular complexity index is 582. The summed E-state index contributed by atoms with van der Waals surface area (Å²) >= 11 is 0. The molecule has 0 atom stereocenters. The molecule has 0 heterocycles. The summed E-state index contributed by atoms with van der Waals surface area (Å²) in [5, 5.41) is 22.5. The lowest BCUT2D eigenvalue weighted by atomic mass is 10.1. The first-order valence-electron chi connectivity index (χ1n) is 6.00. The van der Waals surface area contributed by atoms with Gasteiger partial charge in [-0.1, -0.05) is 12.1 Å².